The lowest BCUT2D eigenvalue weighted by molar-refractivity contribution is 0.0111. The van der Waals surface area contributed by atoms with Crippen molar-refractivity contribution in [1.29, 1.82) is 0 Å². The fraction of sp³-hybridized carbons (Fsp3) is 1.00. The third-order valence-corrected chi connectivity index (χ3v) is 2.50. The maximum Gasteiger partial charge on any atom is 0.0695 e. The molecule has 60 valence electrons. The van der Waals surface area contributed by atoms with Crippen LogP contribution in [0.25, 0.3) is 0 Å². The number of hydrogen-bond acceptors (Lipinski definition) is 2. The van der Waals surface area contributed by atoms with E-state index in [1.165, 1.54) is 0 Å². The molecule has 0 aliphatic carbocycles. The second-order valence-corrected chi connectivity index (χ2v) is 3.59. The molecule has 0 bridgehead atoms. The van der Waals surface area contributed by atoms with Crippen molar-refractivity contribution in [2.24, 2.45) is 5.92 Å². The lowest BCUT2D eigenvalue weighted by Gasteiger charge is -2.37. The molecule has 0 aromatic rings. The number of hydrogen-bond donors (Lipinski definition) is 1. The van der Waals surface area contributed by atoms with E-state index >= 15 is 0 Å². The number of rotatable bonds is 0. The van der Waals surface area contributed by atoms with Crippen molar-refractivity contribution >= 4 is 0 Å². The molecule has 0 spiro atoms. The zero-order valence-electron chi connectivity index (χ0n) is 7.04. The van der Waals surface area contributed by atoms with Crippen molar-refractivity contribution in [2.75, 3.05) is 13.6 Å². The molecular weight excluding hydrogens is 126 g/mol. The van der Waals surface area contributed by atoms with E-state index in [2.05, 4.69) is 25.8 Å². The van der Waals surface area contributed by atoms with E-state index in [1.54, 1.807) is 0 Å². The quantitative estimate of drug-likeness (QED) is 0.540. The summed E-state index contributed by atoms with van der Waals surface area (Å²) in [5.74, 6) is 0.649. The Morgan fingerprint density at radius 3 is 2.50 bits per heavy atom. The lowest BCUT2D eigenvalue weighted by atomic mass is 9.93. The Balaban J connectivity index is 2.49. The molecule has 1 aliphatic rings. The summed E-state index contributed by atoms with van der Waals surface area (Å²) in [6, 6.07) is 0.344. The van der Waals surface area contributed by atoms with E-state index in [9.17, 15) is 5.11 Å². The minimum Gasteiger partial charge on any atom is -0.391 e. The van der Waals surface area contributed by atoms with Crippen LogP contribution in [0.3, 0.4) is 0 Å². The monoisotopic (exact) mass is 143 g/mol. The Kier molecular flexibility index (Phi) is 2.32. The van der Waals surface area contributed by atoms with Crippen molar-refractivity contribution in [1.82, 2.24) is 4.90 Å². The van der Waals surface area contributed by atoms with Gasteiger partial charge in [0.1, 0.15) is 0 Å². The Bertz CT molecular complexity index is 104. The highest BCUT2D eigenvalue weighted by atomic mass is 16.3. The standard InChI is InChI=1S/C8H17NO/c1-6-4-8(10)7(2)9(3)5-6/h6-8,10H,4-5H2,1-3H3/t6-,7+,8-/m0/s1. The zero-order chi connectivity index (χ0) is 7.72. The molecule has 1 aliphatic heterocycles. The molecule has 0 aromatic heterocycles. The summed E-state index contributed by atoms with van der Waals surface area (Å²) in [5, 5.41) is 9.48. The third-order valence-electron chi connectivity index (χ3n) is 2.50. The highest BCUT2D eigenvalue weighted by Gasteiger charge is 2.27. The van der Waals surface area contributed by atoms with Gasteiger partial charge in [-0.2, -0.15) is 0 Å². The normalized spacial score (nSPS) is 43.8. The van der Waals surface area contributed by atoms with E-state index in [-0.39, 0.29) is 6.10 Å². The van der Waals surface area contributed by atoms with Gasteiger partial charge in [-0.1, -0.05) is 6.92 Å². The molecule has 0 aromatic carbocycles. The van der Waals surface area contributed by atoms with Crippen LogP contribution in [0.5, 0.6) is 0 Å². The summed E-state index contributed by atoms with van der Waals surface area (Å²) in [6.45, 7) is 5.39. The first-order valence-corrected chi connectivity index (χ1v) is 3.99. The minimum atomic E-state index is -0.117. The topological polar surface area (TPSA) is 23.5 Å². The fourth-order valence-electron chi connectivity index (χ4n) is 1.64. The van der Waals surface area contributed by atoms with Gasteiger partial charge in [0.05, 0.1) is 6.10 Å². The fourth-order valence-corrected chi connectivity index (χ4v) is 1.64. The Hall–Kier alpha value is -0.0800. The molecule has 1 rings (SSSR count). The van der Waals surface area contributed by atoms with Crippen LogP contribution in [-0.2, 0) is 0 Å². The molecule has 1 saturated heterocycles. The first-order valence-electron chi connectivity index (χ1n) is 3.99. The van der Waals surface area contributed by atoms with Gasteiger partial charge in [-0.3, -0.25) is 0 Å². The van der Waals surface area contributed by atoms with Gasteiger partial charge in [0.2, 0.25) is 0 Å². The lowest BCUT2D eigenvalue weighted by Crippen LogP contribution is -2.47. The van der Waals surface area contributed by atoms with Gasteiger partial charge in [-0.25, -0.2) is 0 Å². The highest BCUT2D eigenvalue weighted by Crippen LogP contribution is 2.19. The maximum atomic E-state index is 9.48. The van der Waals surface area contributed by atoms with Gasteiger partial charge in [0.15, 0.2) is 0 Å². The number of likely N-dealkylation sites (N-methyl/N-ethyl adjacent to an activating group) is 1. The average Bonchev–Trinajstić information content (AvgIpc) is 1.82. The van der Waals surface area contributed by atoms with E-state index < -0.39 is 0 Å². The molecule has 0 amide bonds. The predicted octanol–water partition coefficient (Wildman–Crippen LogP) is 0.707. The predicted molar refractivity (Wildman–Crippen MR) is 41.9 cm³/mol. The van der Waals surface area contributed by atoms with Crippen LogP contribution in [0, 0.1) is 5.92 Å². The second-order valence-electron chi connectivity index (χ2n) is 3.59. The highest BCUT2D eigenvalue weighted by molar-refractivity contribution is 4.81. The Labute approximate surface area is 62.8 Å². The van der Waals surface area contributed by atoms with Crippen LogP contribution in [0.1, 0.15) is 20.3 Å². The van der Waals surface area contributed by atoms with Crippen molar-refractivity contribution < 1.29 is 5.11 Å². The molecule has 0 radical (unpaired) electrons. The first-order chi connectivity index (χ1) is 4.61. The van der Waals surface area contributed by atoms with Gasteiger partial charge in [-0.15, -0.1) is 0 Å². The van der Waals surface area contributed by atoms with Gasteiger partial charge < -0.3 is 10.0 Å². The molecule has 2 nitrogen and oxygen atoms in total. The minimum absolute atomic E-state index is 0.117. The smallest absolute Gasteiger partial charge is 0.0695 e. The molecule has 2 heteroatoms. The number of aliphatic hydroxyl groups excluding tert-OH is 1. The second kappa shape index (κ2) is 2.89. The van der Waals surface area contributed by atoms with E-state index in [0.717, 1.165) is 13.0 Å². The third kappa shape index (κ3) is 1.50. The molecule has 1 heterocycles. The first kappa shape index (κ1) is 8.02. The number of piperidine rings is 1. The SMILES string of the molecule is C[C@H]1C[C@H](O)[C@@H](C)N(C)C1. The van der Waals surface area contributed by atoms with Gasteiger partial charge >= 0.3 is 0 Å². The maximum absolute atomic E-state index is 9.48. The molecule has 3 atom stereocenters. The summed E-state index contributed by atoms with van der Waals surface area (Å²) < 4.78 is 0. The average molecular weight is 143 g/mol. The van der Waals surface area contributed by atoms with Crippen LogP contribution in [-0.4, -0.2) is 35.7 Å². The van der Waals surface area contributed by atoms with Crippen LogP contribution in [0.2, 0.25) is 0 Å². The molecule has 0 unspecified atom stereocenters. The summed E-state index contributed by atoms with van der Waals surface area (Å²) in [5.41, 5.74) is 0. The van der Waals surface area contributed by atoms with Gasteiger partial charge in [-0.05, 0) is 26.3 Å². The molecule has 1 N–H and O–H groups in total. The van der Waals surface area contributed by atoms with Crippen molar-refractivity contribution in [3.8, 4) is 0 Å². The molecule has 10 heavy (non-hydrogen) atoms. The van der Waals surface area contributed by atoms with Crippen LogP contribution in [0.4, 0.5) is 0 Å². The van der Waals surface area contributed by atoms with Crippen molar-refractivity contribution in [2.45, 2.75) is 32.4 Å². The molecule has 1 fully saturated rings. The van der Waals surface area contributed by atoms with E-state index in [1.807, 2.05) is 0 Å². The van der Waals surface area contributed by atoms with Crippen molar-refractivity contribution in [3.05, 3.63) is 0 Å². The van der Waals surface area contributed by atoms with E-state index in [0.29, 0.717) is 12.0 Å². The van der Waals surface area contributed by atoms with Crippen LogP contribution in [0.15, 0.2) is 0 Å². The summed E-state index contributed by atoms with van der Waals surface area (Å²) >= 11 is 0. The number of likely N-dealkylation sites (tertiary alicyclic amines) is 1. The number of aliphatic hydroxyl groups is 1. The van der Waals surface area contributed by atoms with Crippen LogP contribution >= 0.6 is 0 Å². The Morgan fingerprint density at radius 2 is 2.00 bits per heavy atom. The largest absolute Gasteiger partial charge is 0.391 e. The molecular formula is C8H17NO. The summed E-state index contributed by atoms with van der Waals surface area (Å²) in [7, 11) is 2.07. The van der Waals surface area contributed by atoms with Gasteiger partial charge in [0.25, 0.3) is 0 Å². The summed E-state index contributed by atoms with van der Waals surface area (Å²) in [4.78, 5) is 2.22. The number of nitrogens with zero attached hydrogens (tertiary/aromatic N) is 1. The summed E-state index contributed by atoms with van der Waals surface area (Å²) in [6.07, 6.45) is 0.847. The zero-order valence-corrected chi connectivity index (χ0v) is 7.04. The molecule has 0 saturated carbocycles. The van der Waals surface area contributed by atoms with Gasteiger partial charge in [0, 0.05) is 12.6 Å². The van der Waals surface area contributed by atoms with E-state index in [4.69, 9.17) is 0 Å². The van der Waals surface area contributed by atoms with Crippen molar-refractivity contribution in [3.63, 3.8) is 0 Å². The Morgan fingerprint density at radius 1 is 1.40 bits per heavy atom. The van der Waals surface area contributed by atoms with Crippen LogP contribution < -0.4 is 0 Å².